The lowest BCUT2D eigenvalue weighted by atomic mass is 10.2. The van der Waals surface area contributed by atoms with Crippen LogP contribution in [0.15, 0.2) is 48.5 Å². The van der Waals surface area contributed by atoms with Gasteiger partial charge in [0.1, 0.15) is 5.75 Å². The van der Waals surface area contributed by atoms with Crippen molar-refractivity contribution in [1.82, 2.24) is 0 Å². The van der Waals surface area contributed by atoms with E-state index >= 15 is 0 Å². The number of hydrogen-bond donors (Lipinski definition) is 1. The maximum Gasteiger partial charge on any atom is 0.119 e. The van der Waals surface area contributed by atoms with E-state index in [0.717, 1.165) is 18.8 Å². The van der Waals surface area contributed by atoms with Gasteiger partial charge in [-0.1, -0.05) is 17.7 Å². The number of ether oxygens (including phenoxy) is 1. The molecule has 1 N–H and O–H groups in total. The highest BCUT2D eigenvalue weighted by Crippen LogP contribution is 2.17. The van der Waals surface area contributed by atoms with Crippen LogP contribution in [0.4, 0.5) is 11.4 Å². The van der Waals surface area contributed by atoms with Gasteiger partial charge in [0.05, 0.1) is 7.11 Å². The Morgan fingerprint density at radius 3 is 2.25 bits per heavy atom. The summed E-state index contributed by atoms with van der Waals surface area (Å²) >= 11 is 0. The maximum absolute atomic E-state index is 5.17. The Kier molecular flexibility index (Phi) is 4.88. The number of hydrogen-bond acceptors (Lipinski definition) is 3. The highest BCUT2D eigenvalue weighted by molar-refractivity contribution is 5.49. The molecule has 0 aromatic heterocycles. The molecular formula is C17H22N2O. The number of anilines is 2. The van der Waals surface area contributed by atoms with Gasteiger partial charge in [-0.25, -0.2) is 0 Å². The summed E-state index contributed by atoms with van der Waals surface area (Å²) in [5, 5.41) is 3.43. The van der Waals surface area contributed by atoms with Gasteiger partial charge < -0.3 is 15.0 Å². The van der Waals surface area contributed by atoms with E-state index in [1.807, 2.05) is 12.1 Å². The average Bonchev–Trinajstić information content (AvgIpc) is 2.49. The van der Waals surface area contributed by atoms with Crippen LogP contribution in [-0.4, -0.2) is 27.2 Å². The fourth-order valence-corrected chi connectivity index (χ4v) is 2.01. The van der Waals surface area contributed by atoms with Crippen molar-refractivity contribution in [3.8, 4) is 5.75 Å². The molecule has 20 heavy (non-hydrogen) atoms. The van der Waals surface area contributed by atoms with E-state index in [0.29, 0.717) is 0 Å². The molecule has 0 saturated heterocycles. The Bertz CT molecular complexity index is 520. The second-order valence-electron chi connectivity index (χ2n) is 4.91. The standard InChI is InChI=1S/C17H22N2O/c1-14-4-6-15(7-5-14)18-12-13-19(2)16-8-10-17(20-3)11-9-16/h4-11,18H,12-13H2,1-3H3. The van der Waals surface area contributed by atoms with E-state index in [4.69, 9.17) is 4.74 Å². The molecule has 3 nitrogen and oxygen atoms in total. The highest BCUT2D eigenvalue weighted by atomic mass is 16.5. The van der Waals surface area contributed by atoms with Crippen molar-refractivity contribution in [1.29, 1.82) is 0 Å². The van der Waals surface area contributed by atoms with E-state index in [1.165, 1.54) is 16.9 Å². The zero-order chi connectivity index (χ0) is 14.4. The Morgan fingerprint density at radius 1 is 1.00 bits per heavy atom. The molecule has 0 aliphatic heterocycles. The van der Waals surface area contributed by atoms with E-state index < -0.39 is 0 Å². The number of methoxy groups -OCH3 is 1. The minimum atomic E-state index is 0.889. The monoisotopic (exact) mass is 270 g/mol. The molecule has 0 saturated carbocycles. The second kappa shape index (κ2) is 6.85. The third kappa shape index (κ3) is 3.92. The van der Waals surface area contributed by atoms with Crippen LogP contribution in [0.25, 0.3) is 0 Å². The Balaban J connectivity index is 1.82. The smallest absolute Gasteiger partial charge is 0.119 e. The van der Waals surface area contributed by atoms with Gasteiger partial charge in [-0.2, -0.15) is 0 Å². The first kappa shape index (κ1) is 14.3. The predicted octanol–water partition coefficient (Wildman–Crippen LogP) is 3.55. The molecule has 0 unspecified atom stereocenters. The number of nitrogens with one attached hydrogen (secondary N) is 1. The molecule has 106 valence electrons. The zero-order valence-corrected chi connectivity index (χ0v) is 12.4. The normalized spacial score (nSPS) is 10.2. The lowest BCUT2D eigenvalue weighted by Crippen LogP contribution is -2.24. The lowest BCUT2D eigenvalue weighted by Gasteiger charge is -2.20. The fraction of sp³-hybridized carbons (Fsp3) is 0.294. The SMILES string of the molecule is COc1ccc(N(C)CCNc2ccc(C)cc2)cc1. The topological polar surface area (TPSA) is 24.5 Å². The van der Waals surface area contributed by atoms with Gasteiger partial charge in [0.15, 0.2) is 0 Å². The summed E-state index contributed by atoms with van der Waals surface area (Å²) in [5.74, 6) is 0.889. The molecule has 2 aromatic rings. The largest absolute Gasteiger partial charge is 0.497 e. The van der Waals surface area contributed by atoms with Crippen LogP contribution in [0, 0.1) is 6.92 Å². The Morgan fingerprint density at radius 2 is 1.65 bits per heavy atom. The summed E-state index contributed by atoms with van der Waals surface area (Å²) in [7, 11) is 3.78. The molecule has 2 aromatic carbocycles. The van der Waals surface area contributed by atoms with Crippen LogP contribution in [-0.2, 0) is 0 Å². The molecular weight excluding hydrogens is 248 g/mol. The summed E-state index contributed by atoms with van der Waals surface area (Å²) in [6.45, 7) is 3.95. The summed E-state index contributed by atoms with van der Waals surface area (Å²) in [4.78, 5) is 2.22. The number of aryl methyl sites for hydroxylation is 1. The number of rotatable bonds is 6. The van der Waals surface area contributed by atoms with E-state index in [-0.39, 0.29) is 0 Å². The van der Waals surface area contributed by atoms with Crippen molar-refractivity contribution in [3.63, 3.8) is 0 Å². The first-order valence-electron chi connectivity index (χ1n) is 6.85. The van der Waals surface area contributed by atoms with E-state index in [1.54, 1.807) is 7.11 Å². The zero-order valence-electron chi connectivity index (χ0n) is 12.4. The minimum Gasteiger partial charge on any atom is -0.497 e. The molecule has 0 amide bonds. The van der Waals surface area contributed by atoms with E-state index in [2.05, 4.69) is 60.6 Å². The van der Waals surface area contributed by atoms with Gasteiger partial charge in [0.25, 0.3) is 0 Å². The molecule has 3 heteroatoms. The summed E-state index contributed by atoms with van der Waals surface area (Å²) in [6.07, 6.45) is 0. The molecule has 0 bridgehead atoms. The van der Waals surface area contributed by atoms with Gasteiger partial charge in [-0.05, 0) is 43.3 Å². The van der Waals surface area contributed by atoms with Crippen molar-refractivity contribution in [2.45, 2.75) is 6.92 Å². The second-order valence-corrected chi connectivity index (χ2v) is 4.91. The molecule has 0 spiro atoms. The molecule has 0 atom stereocenters. The summed E-state index contributed by atoms with van der Waals surface area (Å²) < 4.78 is 5.17. The first-order valence-corrected chi connectivity index (χ1v) is 6.85. The van der Waals surface area contributed by atoms with Crippen LogP contribution in [0.1, 0.15) is 5.56 Å². The lowest BCUT2D eigenvalue weighted by molar-refractivity contribution is 0.415. The van der Waals surface area contributed by atoms with Gasteiger partial charge >= 0.3 is 0 Å². The number of nitrogens with zero attached hydrogens (tertiary/aromatic N) is 1. The van der Waals surface area contributed by atoms with Gasteiger partial charge in [-0.15, -0.1) is 0 Å². The molecule has 0 aliphatic rings. The van der Waals surface area contributed by atoms with Crippen molar-refractivity contribution >= 4 is 11.4 Å². The van der Waals surface area contributed by atoms with Crippen LogP contribution < -0.4 is 15.0 Å². The predicted molar refractivity (Wildman–Crippen MR) is 85.9 cm³/mol. The summed E-state index contributed by atoms with van der Waals surface area (Å²) in [6, 6.07) is 16.6. The molecule has 2 rings (SSSR count). The van der Waals surface area contributed by atoms with E-state index in [9.17, 15) is 0 Å². The minimum absolute atomic E-state index is 0.889. The Hall–Kier alpha value is -2.16. The van der Waals surface area contributed by atoms with Crippen LogP contribution in [0.3, 0.4) is 0 Å². The number of benzene rings is 2. The average molecular weight is 270 g/mol. The first-order chi connectivity index (χ1) is 9.69. The van der Waals surface area contributed by atoms with Crippen molar-refractivity contribution in [2.75, 3.05) is 37.5 Å². The van der Waals surface area contributed by atoms with Crippen molar-refractivity contribution in [2.24, 2.45) is 0 Å². The molecule has 0 fully saturated rings. The van der Waals surface area contributed by atoms with Crippen molar-refractivity contribution < 1.29 is 4.74 Å². The van der Waals surface area contributed by atoms with Gasteiger partial charge in [0, 0.05) is 31.5 Å². The van der Waals surface area contributed by atoms with Crippen molar-refractivity contribution in [3.05, 3.63) is 54.1 Å². The molecule has 0 heterocycles. The quantitative estimate of drug-likeness (QED) is 0.868. The summed E-state index contributed by atoms with van der Waals surface area (Å²) in [5.41, 5.74) is 3.64. The molecule has 0 radical (unpaired) electrons. The van der Waals surface area contributed by atoms with Gasteiger partial charge in [0.2, 0.25) is 0 Å². The third-order valence-electron chi connectivity index (χ3n) is 3.34. The molecule has 0 aliphatic carbocycles. The third-order valence-corrected chi connectivity index (χ3v) is 3.34. The van der Waals surface area contributed by atoms with Gasteiger partial charge in [-0.3, -0.25) is 0 Å². The van der Waals surface area contributed by atoms with Crippen LogP contribution in [0.5, 0.6) is 5.75 Å². The maximum atomic E-state index is 5.17. The highest BCUT2D eigenvalue weighted by Gasteiger charge is 2.01. The number of likely N-dealkylation sites (N-methyl/N-ethyl adjacent to an activating group) is 1. The van der Waals surface area contributed by atoms with Crippen LogP contribution in [0.2, 0.25) is 0 Å². The fourth-order valence-electron chi connectivity index (χ4n) is 2.01. The Labute approximate surface area is 121 Å². The van der Waals surface area contributed by atoms with Crippen LogP contribution >= 0.6 is 0 Å².